The van der Waals surface area contributed by atoms with Crippen LogP contribution >= 0.6 is 11.6 Å². The lowest BCUT2D eigenvalue weighted by molar-refractivity contribution is 0.813. The quantitative estimate of drug-likeness (QED) is 0.798. The van der Waals surface area contributed by atoms with Gasteiger partial charge in [0.25, 0.3) is 0 Å². The molecule has 2 rings (SSSR count). The Morgan fingerprint density at radius 2 is 2.19 bits per heavy atom. The first-order chi connectivity index (χ1) is 7.77. The van der Waals surface area contributed by atoms with Crippen molar-refractivity contribution in [3.8, 4) is 11.8 Å². The van der Waals surface area contributed by atoms with Gasteiger partial charge in [-0.05, 0) is 18.6 Å². The van der Waals surface area contributed by atoms with Crippen LogP contribution in [0.2, 0.25) is 5.02 Å². The minimum absolute atomic E-state index is 0.599. The number of hydrogen-bond acceptors (Lipinski definition) is 2. The summed E-state index contributed by atoms with van der Waals surface area (Å²) in [5, 5.41) is 13.8. The summed E-state index contributed by atoms with van der Waals surface area (Å²) in [5.41, 5.74) is 2.29. The highest BCUT2D eigenvalue weighted by atomic mass is 35.5. The van der Waals surface area contributed by atoms with Crippen molar-refractivity contribution in [2.45, 2.75) is 13.3 Å². The Morgan fingerprint density at radius 1 is 1.44 bits per heavy atom. The third-order valence-electron chi connectivity index (χ3n) is 2.40. The summed E-state index contributed by atoms with van der Waals surface area (Å²) in [4.78, 5) is 0. The molecule has 4 heteroatoms. The van der Waals surface area contributed by atoms with Crippen LogP contribution in [0.5, 0.6) is 0 Å². The topological polar surface area (TPSA) is 41.6 Å². The Labute approximate surface area is 98.9 Å². The molecular weight excluding hydrogens is 222 g/mol. The molecule has 16 heavy (non-hydrogen) atoms. The smallest absolute Gasteiger partial charge is 0.103 e. The number of para-hydroxylation sites is 1. The molecule has 0 radical (unpaired) electrons. The molecule has 0 aliphatic rings. The molecule has 0 bridgehead atoms. The number of nitrogens with zero attached hydrogens (tertiary/aromatic N) is 3. The molecule has 2 aromatic rings. The highest BCUT2D eigenvalue weighted by molar-refractivity contribution is 6.32. The van der Waals surface area contributed by atoms with E-state index in [9.17, 15) is 0 Å². The maximum atomic E-state index is 8.94. The first kappa shape index (κ1) is 10.7. The average molecular weight is 232 g/mol. The van der Waals surface area contributed by atoms with E-state index in [1.807, 2.05) is 31.2 Å². The number of rotatable bonds is 2. The summed E-state index contributed by atoms with van der Waals surface area (Å²) in [6, 6.07) is 9.59. The monoisotopic (exact) mass is 231 g/mol. The van der Waals surface area contributed by atoms with E-state index < -0.39 is 0 Å². The van der Waals surface area contributed by atoms with Gasteiger partial charge in [-0.25, -0.2) is 4.68 Å². The van der Waals surface area contributed by atoms with Gasteiger partial charge in [-0.15, -0.1) is 0 Å². The van der Waals surface area contributed by atoms with Crippen molar-refractivity contribution in [3.05, 3.63) is 46.7 Å². The molecular formula is C12H10ClN3. The first-order valence-electron chi connectivity index (χ1n) is 4.99. The molecule has 0 fully saturated rings. The number of aromatic nitrogens is 2. The third-order valence-corrected chi connectivity index (χ3v) is 2.72. The fourth-order valence-corrected chi connectivity index (χ4v) is 1.85. The van der Waals surface area contributed by atoms with Gasteiger partial charge in [0.05, 0.1) is 28.2 Å². The van der Waals surface area contributed by atoms with E-state index in [2.05, 4.69) is 11.2 Å². The summed E-state index contributed by atoms with van der Waals surface area (Å²) in [7, 11) is 0. The summed E-state index contributed by atoms with van der Waals surface area (Å²) in [5.74, 6) is 0. The first-order valence-corrected chi connectivity index (χ1v) is 5.37. The van der Waals surface area contributed by atoms with Gasteiger partial charge in [0.1, 0.15) is 6.07 Å². The summed E-state index contributed by atoms with van der Waals surface area (Å²) >= 11 is 6.10. The predicted octanol–water partition coefficient (Wildman–Crippen LogP) is 2.96. The Bertz CT molecular complexity index is 552. The third kappa shape index (κ3) is 1.68. The van der Waals surface area contributed by atoms with Gasteiger partial charge >= 0.3 is 0 Å². The normalized spacial score (nSPS) is 10.1. The molecule has 1 aromatic heterocycles. The Hall–Kier alpha value is -1.79. The zero-order valence-corrected chi connectivity index (χ0v) is 9.57. The second-order valence-corrected chi connectivity index (χ2v) is 3.74. The number of nitriles is 1. The largest absolute Gasteiger partial charge is 0.235 e. The number of hydrogen-bond donors (Lipinski definition) is 0. The SMILES string of the molecule is CCc1c(C#N)cnn1-c1ccccc1Cl. The second kappa shape index (κ2) is 4.38. The molecule has 1 heterocycles. The van der Waals surface area contributed by atoms with Gasteiger partial charge < -0.3 is 0 Å². The molecule has 0 saturated heterocycles. The molecule has 3 nitrogen and oxygen atoms in total. The van der Waals surface area contributed by atoms with Crippen LogP contribution in [0.15, 0.2) is 30.5 Å². The lowest BCUT2D eigenvalue weighted by Gasteiger charge is -2.07. The van der Waals surface area contributed by atoms with Crippen molar-refractivity contribution < 1.29 is 0 Å². The molecule has 0 aliphatic heterocycles. The highest BCUT2D eigenvalue weighted by Gasteiger charge is 2.11. The van der Waals surface area contributed by atoms with Gasteiger partial charge in [-0.1, -0.05) is 30.7 Å². The van der Waals surface area contributed by atoms with Crippen LogP contribution in [0.1, 0.15) is 18.2 Å². The highest BCUT2D eigenvalue weighted by Crippen LogP contribution is 2.22. The predicted molar refractivity (Wildman–Crippen MR) is 62.7 cm³/mol. The van der Waals surface area contributed by atoms with Crippen LogP contribution in [0.25, 0.3) is 5.69 Å². The van der Waals surface area contributed by atoms with E-state index in [1.165, 1.54) is 0 Å². The van der Waals surface area contributed by atoms with Crippen LogP contribution in [0.3, 0.4) is 0 Å². The van der Waals surface area contributed by atoms with E-state index >= 15 is 0 Å². The number of halogens is 1. The Kier molecular flexibility index (Phi) is 2.93. The van der Waals surface area contributed by atoms with Crippen molar-refractivity contribution in [3.63, 3.8) is 0 Å². The van der Waals surface area contributed by atoms with E-state index in [-0.39, 0.29) is 0 Å². The van der Waals surface area contributed by atoms with Crippen molar-refractivity contribution in [1.29, 1.82) is 5.26 Å². The average Bonchev–Trinajstić information content (AvgIpc) is 2.72. The van der Waals surface area contributed by atoms with Gasteiger partial charge in [-0.3, -0.25) is 0 Å². The lowest BCUT2D eigenvalue weighted by Crippen LogP contribution is -2.02. The van der Waals surface area contributed by atoms with E-state index in [4.69, 9.17) is 16.9 Å². The lowest BCUT2D eigenvalue weighted by atomic mass is 10.2. The van der Waals surface area contributed by atoms with Crippen LogP contribution in [-0.4, -0.2) is 9.78 Å². The van der Waals surface area contributed by atoms with Gasteiger partial charge in [-0.2, -0.15) is 10.4 Å². The molecule has 0 N–H and O–H groups in total. The fraction of sp³-hybridized carbons (Fsp3) is 0.167. The second-order valence-electron chi connectivity index (χ2n) is 3.33. The summed E-state index contributed by atoms with van der Waals surface area (Å²) in [6.45, 7) is 1.99. The Morgan fingerprint density at radius 3 is 2.81 bits per heavy atom. The van der Waals surface area contributed by atoms with Gasteiger partial charge in [0.15, 0.2) is 0 Å². The van der Waals surface area contributed by atoms with Gasteiger partial charge in [0.2, 0.25) is 0 Å². The minimum atomic E-state index is 0.599. The van der Waals surface area contributed by atoms with Crippen molar-refractivity contribution in [2.75, 3.05) is 0 Å². The molecule has 0 amide bonds. The van der Waals surface area contributed by atoms with Crippen LogP contribution in [0.4, 0.5) is 0 Å². The zero-order valence-electron chi connectivity index (χ0n) is 8.81. The van der Waals surface area contributed by atoms with Crippen molar-refractivity contribution in [1.82, 2.24) is 9.78 Å². The van der Waals surface area contributed by atoms with E-state index in [1.54, 1.807) is 10.9 Å². The van der Waals surface area contributed by atoms with E-state index in [0.717, 1.165) is 17.8 Å². The van der Waals surface area contributed by atoms with E-state index in [0.29, 0.717) is 10.6 Å². The molecule has 0 unspecified atom stereocenters. The minimum Gasteiger partial charge on any atom is -0.235 e. The standard InChI is InChI=1S/C12H10ClN3/c1-2-11-9(7-14)8-15-16(11)12-6-4-3-5-10(12)13/h3-6,8H,2H2,1H3. The van der Waals surface area contributed by atoms with Crippen molar-refractivity contribution >= 4 is 11.6 Å². The van der Waals surface area contributed by atoms with Crippen LogP contribution in [-0.2, 0) is 6.42 Å². The van der Waals surface area contributed by atoms with Crippen LogP contribution < -0.4 is 0 Å². The van der Waals surface area contributed by atoms with Crippen LogP contribution in [0, 0.1) is 11.3 Å². The molecule has 1 aromatic carbocycles. The molecule has 0 atom stereocenters. The van der Waals surface area contributed by atoms with Crippen molar-refractivity contribution in [2.24, 2.45) is 0 Å². The zero-order chi connectivity index (χ0) is 11.5. The maximum absolute atomic E-state index is 8.94. The molecule has 0 saturated carbocycles. The summed E-state index contributed by atoms with van der Waals surface area (Å²) < 4.78 is 1.72. The maximum Gasteiger partial charge on any atom is 0.103 e. The molecule has 0 aliphatic carbocycles. The Balaban J connectivity index is 2.62. The fourth-order valence-electron chi connectivity index (χ4n) is 1.64. The van der Waals surface area contributed by atoms with Gasteiger partial charge in [0, 0.05) is 0 Å². The molecule has 80 valence electrons. The molecule has 0 spiro atoms. The summed E-state index contributed by atoms with van der Waals surface area (Å²) in [6.07, 6.45) is 2.32. The number of benzene rings is 1.